The molecule has 1 aromatic heterocycles. The molecule has 0 saturated carbocycles. The second kappa shape index (κ2) is 5.85. The molecule has 1 heterocycles. The lowest BCUT2D eigenvalue weighted by molar-refractivity contribution is 0.428. The summed E-state index contributed by atoms with van der Waals surface area (Å²) in [5, 5.41) is 6.68. The average molecular weight is 221 g/mol. The van der Waals surface area contributed by atoms with Gasteiger partial charge in [0.2, 0.25) is 0 Å². The van der Waals surface area contributed by atoms with E-state index in [9.17, 15) is 0 Å². The molecule has 0 atom stereocenters. The molecule has 90 valence electrons. The van der Waals surface area contributed by atoms with Crippen molar-refractivity contribution < 1.29 is 0 Å². The molecule has 3 heteroatoms. The average Bonchev–Trinajstić information content (AvgIpc) is 2.17. The maximum atomic E-state index is 4.53. The smallest absolute Gasteiger partial charge is 0.126 e. The molecule has 1 rings (SSSR count). The van der Waals surface area contributed by atoms with Gasteiger partial charge in [-0.15, -0.1) is 0 Å². The molecular formula is C13H23N3. The van der Waals surface area contributed by atoms with E-state index in [-0.39, 0.29) is 5.54 Å². The summed E-state index contributed by atoms with van der Waals surface area (Å²) in [5.74, 6) is 0.968. The van der Waals surface area contributed by atoms with Gasteiger partial charge >= 0.3 is 0 Å². The number of aromatic nitrogens is 1. The van der Waals surface area contributed by atoms with Crippen molar-refractivity contribution in [3.05, 3.63) is 23.9 Å². The number of nitrogens with one attached hydrogen (secondary N) is 2. The quantitative estimate of drug-likeness (QED) is 0.802. The fourth-order valence-electron chi connectivity index (χ4n) is 1.46. The van der Waals surface area contributed by atoms with Gasteiger partial charge in [0, 0.05) is 30.7 Å². The van der Waals surface area contributed by atoms with Crippen molar-refractivity contribution in [2.75, 3.05) is 18.4 Å². The minimum absolute atomic E-state index is 0.180. The van der Waals surface area contributed by atoms with E-state index in [1.165, 1.54) is 0 Å². The Bertz CT molecular complexity index is 315. The van der Waals surface area contributed by atoms with E-state index < -0.39 is 0 Å². The van der Waals surface area contributed by atoms with Crippen LogP contribution in [0.2, 0.25) is 0 Å². The van der Waals surface area contributed by atoms with Crippen molar-refractivity contribution in [1.29, 1.82) is 0 Å². The predicted molar refractivity (Wildman–Crippen MR) is 69.9 cm³/mol. The lowest BCUT2D eigenvalue weighted by Crippen LogP contribution is -2.37. The van der Waals surface area contributed by atoms with Crippen LogP contribution in [0.3, 0.4) is 0 Å². The Morgan fingerprint density at radius 3 is 2.62 bits per heavy atom. The van der Waals surface area contributed by atoms with Crippen LogP contribution in [0.15, 0.2) is 18.2 Å². The number of rotatable bonds is 5. The fraction of sp³-hybridized carbons (Fsp3) is 0.615. The third-order valence-corrected chi connectivity index (χ3v) is 2.20. The van der Waals surface area contributed by atoms with Crippen LogP contribution in [-0.2, 0) is 6.42 Å². The molecule has 0 unspecified atom stereocenters. The zero-order chi connectivity index (χ0) is 12.0. The predicted octanol–water partition coefficient (Wildman–Crippen LogP) is 2.44. The van der Waals surface area contributed by atoms with Gasteiger partial charge in [-0.05, 0) is 39.8 Å². The summed E-state index contributed by atoms with van der Waals surface area (Å²) >= 11 is 0. The van der Waals surface area contributed by atoms with Crippen molar-refractivity contribution in [3.8, 4) is 0 Å². The molecule has 0 aliphatic rings. The summed E-state index contributed by atoms with van der Waals surface area (Å²) in [7, 11) is 0. The molecule has 0 fully saturated rings. The van der Waals surface area contributed by atoms with Gasteiger partial charge in [0.05, 0.1) is 0 Å². The van der Waals surface area contributed by atoms with E-state index in [1.54, 1.807) is 0 Å². The minimum Gasteiger partial charge on any atom is -0.370 e. The molecule has 0 aliphatic carbocycles. The van der Waals surface area contributed by atoms with Gasteiger partial charge < -0.3 is 10.6 Å². The zero-order valence-electron chi connectivity index (χ0n) is 10.8. The highest BCUT2D eigenvalue weighted by molar-refractivity contribution is 5.35. The first-order valence-corrected chi connectivity index (χ1v) is 5.96. The highest BCUT2D eigenvalue weighted by Gasteiger charge is 2.07. The first-order chi connectivity index (χ1) is 7.51. The number of hydrogen-bond donors (Lipinski definition) is 2. The van der Waals surface area contributed by atoms with Crippen LogP contribution in [0, 0.1) is 0 Å². The highest BCUT2D eigenvalue weighted by atomic mass is 15.0. The van der Waals surface area contributed by atoms with Gasteiger partial charge in [-0.25, -0.2) is 4.98 Å². The molecule has 1 aromatic rings. The molecule has 16 heavy (non-hydrogen) atoms. The molecule has 0 spiro atoms. The zero-order valence-corrected chi connectivity index (χ0v) is 10.8. The lowest BCUT2D eigenvalue weighted by Gasteiger charge is -2.20. The van der Waals surface area contributed by atoms with Gasteiger partial charge in [-0.2, -0.15) is 0 Å². The Hall–Kier alpha value is -1.09. The second-order valence-electron chi connectivity index (χ2n) is 4.97. The SMILES string of the molecule is CCNc1cccc(CCNC(C)(C)C)n1. The second-order valence-corrected chi connectivity index (χ2v) is 4.97. The Morgan fingerprint density at radius 1 is 1.25 bits per heavy atom. The molecule has 2 N–H and O–H groups in total. The molecule has 0 amide bonds. The third kappa shape index (κ3) is 5.12. The molecule has 0 aliphatic heterocycles. The number of pyridine rings is 1. The van der Waals surface area contributed by atoms with Gasteiger partial charge in [-0.3, -0.25) is 0 Å². The van der Waals surface area contributed by atoms with Crippen molar-refractivity contribution in [2.45, 2.75) is 39.7 Å². The molecule has 0 aromatic carbocycles. The summed E-state index contributed by atoms with van der Waals surface area (Å²) in [6.07, 6.45) is 0.969. The van der Waals surface area contributed by atoms with E-state index >= 15 is 0 Å². The summed E-state index contributed by atoms with van der Waals surface area (Å²) in [6.45, 7) is 10.5. The van der Waals surface area contributed by atoms with Crippen molar-refractivity contribution in [2.24, 2.45) is 0 Å². The van der Waals surface area contributed by atoms with Crippen LogP contribution in [0.25, 0.3) is 0 Å². The molecule has 0 radical (unpaired) electrons. The summed E-state index contributed by atoms with van der Waals surface area (Å²) < 4.78 is 0. The minimum atomic E-state index is 0.180. The van der Waals surface area contributed by atoms with Crippen molar-refractivity contribution in [1.82, 2.24) is 10.3 Å². The Morgan fingerprint density at radius 2 is 2.00 bits per heavy atom. The maximum absolute atomic E-state index is 4.53. The largest absolute Gasteiger partial charge is 0.370 e. The van der Waals surface area contributed by atoms with Gasteiger partial charge in [-0.1, -0.05) is 6.07 Å². The van der Waals surface area contributed by atoms with E-state index in [1.807, 2.05) is 6.07 Å². The van der Waals surface area contributed by atoms with Crippen LogP contribution in [0.1, 0.15) is 33.4 Å². The fourth-order valence-corrected chi connectivity index (χ4v) is 1.46. The summed E-state index contributed by atoms with van der Waals surface area (Å²) in [5.41, 5.74) is 1.31. The van der Waals surface area contributed by atoms with Crippen LogP contribution in [-0.4, -0.2) is 23.6 Å². The van der Waals surface area contributed by atoms with Crippen LogP contribution in [0.4, 0.5) is 5.82 Å². The topological polar surface area (TPSA) is 37.0 Å². The van der Waals surface area contributed by atoms with E-state index in [0.717, 1.165) is 31.0 Å². The summed E-state index contributed by atoms with van der Waals surface area (Å²) in [4.78, 5) is 4.53. The van der Waals surface area contributed by atoms with Crippen molar-refractivity contribution in [3.63, 3.8) is 0 Å². The van der Waals surface area contributed by atoms with E-state index in [4.69, 9.17) is 0 Å². The van der Waals surface area contributed by atoms with Crippen LogP contribution in [0.5, 0.6) is 0 Å². The monoisotopic (exact) mass is 221 g/mol. The van der Waals surface area contributed by atoms with E-state index in [2.05, 4.69) is 55.4 Å². The highest BCUT2D eigenvalue weighted by Crippen LogP contribution is 2.05. The first kappa shape index (κ1) is 13.0. The molecule has 3 nitrogen and oxygen atoms in total. The molecule has 0 bridgehead atoms. The Balaban J connectivity index is 2.44. The number of hydrogen-bond acceptors (Lipinski definition) is 3. The first-order valence-electron chi connectivity index (χ1n) is 5.96. The Labute approximate surface area is 98.7 Å². The standard InChI is InChI=1S/C13H23N3/c1-5-14-12-8-6-7-11(16-12)9-10-15-13(2,3)4/h6-8,15H,5,9-10H2,1-4H3,(H,14,16). The summed E-state index contributed by atoms with van der Waals surface area (Å²) in [6, 6.07) is 6.13. The van der Waals surface area contributed by atoms with Crippen LogP contribution < -0.4 is 10.6 Å². The molecular weight excluding hydrogens is 198 g/mol. The van der Waals surface area contributed by atoms with Gasteiger partial charge in [0.15, 0.2) is 0 Å². The normalized spacial score (nSPS) is 11.5. The van der Waals surface area contributed by atoms with Gasteiger partial charge in [0.1, 0.15) is 5.82 Å². The third-order valence-electron chi connectivity index (χ3n) is 2.20. The Kier molecular flexibility index (Phi) is 4.74. The van der Waals surface area contributed by atoms with E-state index in [0.29, 0.717) is 0 Å². The van der Waals surface area contributed by atoms with Crippen molar-refractivity contribution >= 4 is 5.82 Å². The number of nitrogens with zero attached hydrogens (tertiary/aromatic N) is 1. The number of anilines is 1. The maximum Gasteiger partial charge on any atom is 0.126 e. The van der Waals surface area contributed by atoms with Gasteiger partial charge in [0.25, 0.3) is 0 Å². The lowest BCUT2D eigenvalue weighted by atomic mass is 10.1. The molecule has 0 saturated heterocycles. The van der Waals surface area contributed by atoms with Crippen LogP contribution >= 0.6 is 0 Å².